The Morgan fingerprint density at radius 1 is 1.47 bits per heavy atom. The van der Waals surface area contributed by atoms with Gasteiger partial charge in [0, 0.05) is 0 Å². The third kappa shape index (κ3) is 6.95. The second-order valence-electron chi connectivity index (χ2n) is 3.73. The van der Waals surface area contributed by atoms with E-state index in [1.165, 1.54) is 7.11 Å². The van der Waals surface area contributed by atoms with Crippen LogP contribution in [0.2, 0.25) is 0 Å². The molecule has 0 saturated carbocycles. The fraction of sp³-hybridized carbons (Fsp3) is 0.312. The molecule has 1 aromatic carbocycles. The molecule has 0 fully saturated rings. The molecule has 1 aromatic rings. The minimum atomic E-state index is -0.291. The van der Waals surface area contributed by atoms with E-state index in [1.807, 2.05) is 6.92 Å². The van der Waals surface area contributed by atoms with E-state index >= 15 is 0 Å². The summed E-state index contributed by atoms with van der Waals surface area (Å²) < 4.78 is 4.62. The Morgan fingerprint density at radius 3 is 2.42 bits per heavy atom. The number of benzene rings is 1. The first kappa shape index (κ1) is 16.8. The van der Waals surface area contributed by atoms with Crippen LogP contribution < -0.4 is 0 Å². The maximum Gasteiger partial charge on any atom is 0.307 e. The van der Waals surface area contributed by atoms with Crippen LogP contribution in [0.15, 0.2) is 36.9 Å². The molecule has 1 N–H and O–H groups in total. The predicted molar refractivity (Wildman–Crippen MR) is 76.8 cm³/mol. The topological polar surface area (TPSA) is 46.5 Å². The van der Waals surface area contributed by atoms with Crippen molar-refractivity contribution in [2.24, 2.45) is 0 Å². The van der Waals surface area contributed by atoms with Gasteiger partial charge in [-0.1, -0.05) is 24.1 Å². The lowest BCUT2D eigenvalue weighted by atomic mass is 9.96. The van der Waals surface area contributed by atoms with Crippen molar-refractivity contribution >= 4 is 5.97 Å². The van der Waals surface area contributed by atoms with Gasteiger partial charge in [-0.15, -0.1) is 12.5 Å². The van der Waals surface area contributed by atoms with E-state index in [1.54, 1.807) is 37.3 Å². The second-order valence-corrected chi connectivity index (χ2v) is 3.73. The van der Waals surface area contributed by atoms with Crippen molar-refractivity contribution in [2.45, 2.75) is 26.2 Å². The number of carbonyl (C=O) groups excluding carboxylic acids is 1. The van der Waals surface area contributed by atoms with Crippen molar-refractivity contribution in [3.8, 4) is 17.6 Å². The number of rotatable bonds is 3. The van der Waals surface area contributed by atoms with Gasteiger partial charge in [0.25, 0.3) is 0 Å². The van der Waals surface area contributed by atoms with E-state index in [2.05, 4.69) is 23.2 Å². The highest BCUT2D eigenvalue weighted by Gasteiger charge is 2.13. The van der Waals surface area contributed by atoms with Crippen molar-refractivity contribution < 1.29 is 14.6 Å². The monoisotopic (exact) mass is 260 g/mol. The number of methoxy groups -OCH3 is 1. The summed E-state index contributed by atoms with van der Waals surface area (Å²) in [7, 11) is 1.36. The zero-order valence-electron chi connectivity index (χ0n) is 11.6. The van der Waals surface area contributed by atoms with Crippen LogP contribution in [0.1, 0.15) is 31.7 Å². The number of phenols is 1. The van der Waals surface area contributed by atoms with Crippen LogP contribution in [-0.2, 0) is 9.53 Å². The van der Waals surface area contributed by atoms with Crippen molar-refractivity contribution in [1.82, 2.24) is 0 Å². The average Bonchev–Trinajstić information content (AvgIpc) is 2.40. The molecule has 102 valence electrons. The SMILES string of the molecule is C=CC.CC#C[C@@H](CC(=O)OC)c1ccc(O)cc1. The Kier molecular flexibility index (Phi) is 8.64. The Morgan fingerprint density at radius 2 is 2.00 bits per heavy atom. The molecule has 0 heterocycles. The summed E-state index contributed by atoms with van der Waals surface area (Å²) in [5.74, 6) is 5.47. The Labute approximate surface area is 114 Å². The summed E-state index contributed by atoms with van der Waals surface area (Å²) in [6.45, 7) is 6.98. The Bertz CT molecular complexity index is 449. The van der Waals surface area contributed by atoms with Gasteiger partial charge in [-0.3, -0.25) is 4.79 Å². The van der Waals surface area contributed by atoms with Gasteiger partial charge in [0.05, 0.1) is 19.4 Å². The van der Waals surface area contributed by atoms with Gasteiger partial charge in [-0.05, 0) is 31.5 Å². The molecule has 0 radical (unpaired) electrons. The van der Waals surface area contributed by atoms with Gasteiger partial charge in [-0.25, -0.2) is 0 Å². The van der Waals surface area contributed by atoms with Gasteiger partial charge in [0.1, 0.15) is 5.75 Å². The van der Waals surface area contributed by atoms with Crippen molar-refractivity contribution in [1.29, 1.82) is 0 Å². The van der Waals surface area contributed by atoms with Gasteiger partial charge < -0.3 is 9.84 Å². The molecule has 0 spiro atoms. The van der Waals surface area contributed by atoms with Crippen molar-refractivity contribution in [3.05, 3.63) is 42.5 Å². The number of hydrogen-bond acceptors (Lipinski definition) is 3. The maximum absolute atomic E-state index is 11.2. The molecule has 1 rings (SSSR count). The lowest BCUT2D eigenvalue weighted by Gasteiger charge is -2.09. The van der Waals surface area contributed by atoms with Gasteiger partial charge >= 0.3 is 5.97 Å². The number of phenolic OH excluding ortho intramolecular Hbond substituents is 1. The zero-order valence-corrected chi connectivity index (χ0v) is 11.6. The third-order valence-electron chi connectivity index (χ3n) is 2.21. The Hall–Kier alpha value is -2.21. The maximum atomic E-state index is 11.2. The molecule has 1 atom stereocenters. The minimum absolute atomic E-state index is 0.182. The molecule has 0 aliphatic carbocycles. The van der Waals surface area contributed by atoms with E-state index < -0.39 is 0 Å². The molecular formula is C16H20O3. The molecule has 0 aromatic heterocycles. The smallest absolute Gasteiger partial charge is 0.307 e. The summed E-state index contributed by atoms with van der Waals surface area (Å²) in [6.07, 6.45) is 1.97. The van der Waals surface area contributed by atoms with Crippen LogP contribution in [-0.4, -0.2) is 18.2 Å². The summed E-state index contributed by atoms with van der Waals surface area (Å²) in [6, 6.07) is 6.68. The van der Waals surface area contributed by atoms with Crippen LogP contribution in [0.25, 0.3) is 0 Å². The number of ether oxygens (including phenoxy) is 1. The molecule has 0 amide bonds. The summed E-state index contributed by atoms with van der Waals surface area (Å²) in [5, 5.41) is 9.17. The van der Waals surface area contributed by atoms with Crippen LogP contribution in [0.5, 0.6) is 5.75 Å². The summed E-state index contributed by atoms with van der Waals surface area (Å²) >= 11 is 0. The predicted octanol–water partition coefficient (Wildman–Crippen LogP) is 3.25. The van der Waals surface area contributed by atoms with Crippen LogP contribution in [0.4, 0.5) is 0 Å². The first-order valence-corrected chi connectivity index (χ1v) is 5.94. The molecule has 3 nitrogen and oxygen atoms in total. The molecular weight excluding hydrogens is 240 g/mol. The van der Waals surface area contributed by atoms with E-state index in [0.717, 1.165) is 5.56 Å². The fourth-order valence-electron chi connectivity index (χ4n) is 1.38. The van der Waals surface area contributed by atoms with Crippen LogP contribution in [0, 0.1) is 11.8 Å². The quantitative estimate of drug-likeness (QED) is 0.515. The molecule has 19 heavy (non-hydrogen) atoms. The van der Waals surface area contributed by atoms with Crippen LogP contribution in [0.3, 0.4) is 0 Å². The minimum Gasteiger partial charge on any atom is -0.508 e. The number of carbonyl (C=O) groups is 1. The van der Waals surface area contributed by atoms with Gasteiger partial charge in [-0.2, -0.15) is 0 Å². The lowest BCUT2D eigenvalue weighted by molar-refractivity contribution is -0.140. The van der Waals surface area contributed by atoms with Crippen LogP contribution >= 0.6 is 0 Å². The molecule has 3 heteroatoms. The van der Waals surface area contributed by atoms with Gasteiger partial charge in [0.2, 0.25) is 0 Å². The highest BCUT2D eigenvalue weighted by Crippen LogP contribution is 2.21. The standard InChI is InChI=1S/C13H14O3.C3H6/c1-3-4-11(9-13(15)16-2)10-5-7-12(14)8-6-10;1-3-2/h5-8,11,14H,9H2,1-2H3;3H,1H2,2H3/t11-;/m0./s1. The first-order chi connectivity index (χ1) is 9.08. The normalized spacial score (nSPS) is 10.1. The molecule has 0 aliphatic rings. The molecule has 0 aliphatic heterocycles. The number of allylic oxidation sites excluding steroid dienone is 1. The third-order valence-corrected chi connectivity index (χ3v) is 2.21. The largest absolute Gasteiger partial charge is 0.508 e. The number of aromatic hydroxyl groups is 1. The van der Waals surface area contributed by atoms with E-state index in [0.29, 0.717) is 0 Å². The van der Waals surface area contributed by atoms with Crippen molar-refractivity contribution in [2.75, 3.05) is 7.11 Å². The average molecular weight is 260 g/mol. The molecule has 0 bridgehead atoms. The second kappa shape index (κ2) is 9.78. The summed E-state index contributed by atoms with van der Waals surface area (Å²) in [5.41, 5.74) is 0.901. The number of hydrogen-bond donors (Lipinski definition) is 1. The highest BCUT2D eigenvalue weighted by molar-refractivity contribution is 5.71. The van der Waals surface area contributed by atoms with E-state index in [4.69, 9.17) is 5.11 Å². The summed E-state index contributed by atoms with van der Waals surface area (Å²) in [4.78, 5) is 11.2. The number of esters is 1. The fourth-order valence-corrected chi connectivity index (χ4v) is 1.38. The highest BCUT2D eigenvalue weighted by atomic mass is 16.5. The van der Waals surface area contributed by atoms with Gasteiger partial charge in [0.15, 0.2) is 0 Å². The Balaban J connectivity index is 0.000000982. The van der Waals surface area contributed by atoms with E-state index in [9.17, 15) is 4.79 Å². The van der Waals surface area contributed by atoms with E-state index in [-0.39, 0.29) is 24.1 Å². The first-order valence-electron chi connectivity index (χ1n) is 5.94. The lowest BCUT2D eigenvalue weighted by Crippen LogP contribution is -2.07. The molecule has 0 saturated heterocycles. The molecule has 0 unspecified atom stereocenters. The van der Waals surface area contributed by atoms with Crippen molar-refractivity contribution in [3.63, 3.8) is 0 Å². The zero-order chi connectivity index (χ0) is 14.7.